The molecule has 0 spiro atoms. The van der Waals surface area contributed by atoms with E-state index in [-0.39, 0.29) is 65.8 Å². The number of amides is 2. The lowest BCUT2D eigenvalue weighted by Gasteiger charge is -2.29. The predicted octanol–water partition coefficient (Wildman–Crippen LogP) is 7.16. The Balaban J connectivity index is 0.931. The second-order valence-electron chi connectivity index (χ2n) is 18.6. The van der Waals surface area contributed by atoms with Gasteiger partial charge in [-0.25, -0.2) is 0 Å². The van der Waals surface area contributed by atoms with Crippen LogP contribution in [0.3, 0.4) is 0 Å². The van der Waals surface area contributed by atoms with Gasteiger partial charge in [-0.3, -0.25) is 28.8 Å². The van der Waals surface area contributed by atoms with Gasteiger partial charge in [-0.2, -0.15) is 0 Å². The molecule has 2 aromatic carbocycles. The highest BCUT2D eigenvalue weighted by Crippen LogP contribution is 2.30. The lowest BCUT2D eigenvalue weighted by Crippen LogP contribution is -2.40. The molecule has 4 heterocycles. The lowest BCUT2D eigenvalue weighted by molar-refractivity contribution is 0.0839. The summed E-state index contributed by atoms with van der Waals surface area (Å²) in [5.41, 5.74) is 5.27. The van der Waals surface area contributed by atoms with Crippen molar-refractivity contribution in [3.8, 4) is 5.75 Å². The molecule has 2 fully saturated rings. The number of aliphatic hydroxyl groups excluding tert-OH is 1. The van der Waals surface area contributed by atoms with Crippen LogP contribution < -0.4 is 26.5 Å². The third-order valence-corrected chi connectivity index (χ3v) is 14.3. The fourth-order valence-electron chi connectivity index (χ4n) is 10.7. The third-order valence-electron chi connectivity index (χ3n) is 14.3. The molecule has 2 atom stereocenters. The number of nitrogens with zero attached hydrogens (tertiary/aromatic N) is 4. The maximum Gasteiger partial charge on any atom is 0.268 e. The van der Waals surface area contributed by atoms with Crippen LogP contribution in [0.2, 0.25) is 0 Å². The summed E-state index contributed by atoms with van der Waals surface area (Å²) in [4.78, 5) is 83.5. The highest BCUT2D eigenvalue weighted by molar-refractivity contribution is 6.03. The fourth-order valence-corrected chi connectivity index (χ4v) is 10.7. The van der Waals surface area contributed by atoms with Crippen LogP contribution in [0.4, 0.5) is 0 Å². The van der Waals surface area contributed by atoms with Crippen LogP contribution in [0, 0.1) is 0 Å². The van der Waals surface area contributed by atoms with Crippen LogP contribution in [-0.4, -0.2) is 71.0 Å². The molecular weight excluding hydrogens is 861 g/mol. The van der Waals surface area contributed by atoms with Crippen LogP contribution >= 0.6 is 0 Å². The second kappa shape index (κ2) is 20.4. The zero-order valence-electron chi connectivity index (χ0n) is 40.2. The van der Waals surface area contributed by atoms with Crippen molar-refractivity contribution in [3.63, 3.8) is 0 Å². The third kappa shape index (κ3) is 9.35. The molecule has 2 amide bonds. The number of aliphatic hydroxyl groups is 1. The molecule has 3 N–H and O–H groups in total. The van der Waals surface area contributed by atoms with Crippen molar-refractivity contribution in [1.82, 2.24) is 28.9 Å². The van der Waals surface area contributed by atoms with Crippen molar-refractivity contribution in [2.24, 2.45) is 14.1 Å². The molecule has 8 rings (SSSR count). The molecule has 0 aliphatic heterocycles. The average Bonchev–Trinajstić information content (AvgIpc) is 3.80. The van der Waals surface area contributed by atoms with Gasteiger partial charge in [0.1, 0.15) is 17.1 Å². The SMILES string of the molecule is CCc1c(C(=O)NC2CCC(Oc3cccc(C(=O)Cn4c(CC)cc5c(c(CC)c(C(=O)NC6CCCC(O)C6)n5C)c4=O)c3)CC2)n(C)c2cc(CC)n(CC(=O)c3ccccc3)c(=O)c12. The first-order valence-corrected chi connectivity index (χ1v) is 24.4. The zero-order chi connectivity index (χ0) is 48.4. The van der Waals surface area contributed by atoms with Crippen molar-refractivity contribution >= 4 is 45.2 Å². The molecule has 4 aromatic heterocycles. The van der Waals surface area contributed by atoms with Crippen LogP contribution in [0.1, 0.15) is 143 Å². The number of ketones is 2. The Morgan fingerprint density at radius 2 is 1.13 bits per heavy atom. The van der Waals surface area contributed by atoms with Crippen molar-refractivity contribution in [1.29, 1.82) is 0 Å². The maximum atomic E-state index is 14.3. The van der Waals surface area contributed by atoms with Crippen LogP contribution in [0.15, 0.2) is 76.3 Å². The van der Waals surface area contributed by atoms with Gasteiger partial charge in [0.05, 0.1) is 47.1 Å². The molecule has 358 valence electrons. The number of aryl methyl sites for hydroxylation is 6. The molecule has 6 aromatic rings. The van der Waals surface area contributed by atoms with Crippen LogP contribution in [-0.2, 0) is 52.9 Å². The quantitative estimate of drug-likeness (QED) is 0.0858. The average molecular weight is 925 g/mol. The number of rotatable bonds is 16. The van der Waals surface area contributed by atoms with Gasteiger partial charge in [-0.1, -0.05) is 70.2 Å². The van der Waals surface area contributed by atoms with E-state index in [0.717, 1.165) is 25.0 Å². The maximum absolute atomic E-state index is 14.3. The number of benzene rings is 2. The van der Waals surface area contributed by atoms with Gasteiger partial charge in [-0.05, 0) is 112 Å². The number of pyridine rings is 2. The number of aromatic nitrogens is 4. The van der Waals surface area contributed by atoms with Gasteiger partial charge in [0.25, 0.3) is 22.9 Å². The van der Waals surface area contributed by atoms with E-state index in [1.807, 2.05) is 59.0 Å². The van der Waals surface area contributed by atoms with Crippen molar-refractivity contribution < 1.29 is 29.0 Å². The summed E-state index contributed by atoms with van der Waals surface area (Å²) in [5.74, 6) is -0.366. The molecule has 68 heavy (non-hydrogen) atoms. The minimum absolute atomic E-state index is 0.0847. The second-order valence-corrected chi connectivity index (χ2v) is 18.6. The van der Waals surface area contributed by atoms with Gasteiger partial charge >= 0.3 is 0 Å². The first-order chi connectivity index (χ1) is 32.8. The van der Waals surface area contributed by atoms with E-state index in [1.165, 1.54) is 4.57 Å². The Labute approximate surface area is 396 Å². The van der Waals surface area contributed by atoms with Gasteiger partial charge in [0.2, 0.25) is 0 Å². The summed E-state index contributed by atoms with van der Waals surface area (Å²) in [6, 6.07) is 19.6. The summed E-state index contributed by atoms with van der Waals surface area (Å²) in [6.45, 7) is 7.48. The van der Waals surface area contributed by atoms with Crippen LogP contribution in [0.25, 0.3) is 21.8 Å². The van der Waals surface area contributed by atoms with E-state index in [9.17, 15) is 33.9 Å². The standard InChI is InChI=1S/C54H64N6O8/c1-7-36-28-43-47(53(66)59(36)30-45(62)32-16-12-11-13-17-32)41(9-3)49(57(43)5)51(64)55-34-22-24-39(25-23-34)68-40-21-14-18-33(26-40)46(63)31-60-37(8-2)29-44-48(54(60)67)42(10-4)50(58(44)6)52(65)56-35-19-15-20-38(61)27-35/h11-14,16-18,21,26,28-29,34-35,38-39,61H,7-10,15,19-20,22-25,27,30-31H2,1-6H3,(H,55,64)(H,56,65). The minimum Gasteiger partial charge on any atom is -0.490 e. The van der Waals surface area contributed by atoms with E-state index in [0.29, 0.717) is 125 Å². The smallest absolute Gasteiger partial charge is 0.268 e. The fraction of sp³-hybridized carbons (Fsp3) is 0.444. The molecule has 0 saturated heterocycles. The number of nitrogens with one attached hydrogen (secondary N) is 2. The molecule has 2 aliphatic rings. The largest absolute Gasteiger partial charge is 0.490 e. The summed E-state index contributed by atoms with van der Waals surface area (Å²) >= 11 is 0. The minimum atomic E-state index is -0.441. The van der Waals surface area contributed by atoms with Gasteiger partial charge in [-0.15, -0.1) is 0 Å². The Kier molecular flexibility index (Phi) is 14.4. The van der Waals surface area contributed by atoms with E-state index in [1.54, 1.807) is 63.2 Å². The summed E-state index contributed by atoms with van der Waals surface area (Å²) in [5, 5.41) is 17.4. The summed E-state index contributed by atoms with van der Waals surface area (Å²) in [6.07, 6.45) is 6.92. The van der Waals surface area contributed by atoms with Gasteiger partial charge in [0.15, 0.2) is 11.6 Å². The lowest BCUT2D eigenvalue weighted by atomic mass is 9.92. The summed E-state index contributed by atoms with van der Waals surface area (Å²) < 4.78 is 13.1. The molecule has 2 aliphatic carbocycles. The highest BCUT2D eigenvalue weighted by atomic mass is 16.5. The Morgan fingerprint density at radius 3 is 1.65 bits per heavy atom. The number of Topliss-reactive ketones (excluding diaryl/α,β-unsaturated/α-hetero) is 2. The monoisotopic (exact) mass is 924 g/mol. The number of hydrogen-bond donors (Lipinski definition) is 3. The Morgan fingerprint density at radius 1 is 0.618 bits per heavy atom. The van der Waals surface area contributed by atoms with Crippen LogP contribution in [0.5, 0.6) is 5.75 Å². The number of fused-ring (bicyclic) bond motifs is 2. The molecule has 14 nitrogen and oxygen atoms in total. The molecule has 0 bridgehead atoms. The Bertz CT molecular complexity index is 3020. The molecular formula is C54H64N6O8. The molecule has 2 saturated carbocycles. The molecule has 0 radical (unpaired) electrons. The number of ether oxygens (including phenoxy) is 1. The van der Waals surface area contributed by atoms with E-state index in [4.69, 9.17) is 4.74 Å². The first kappa shape index (κ1) is 47.9. The first-order valence-electron chi connectivity index (χ1n) is 24.4. The van der Waals surface area contributed by atoms with E-state index in [2.05, 4.69) is 10.6 Å². The van der Waals surface area contributed by atoms with Crippen molar-refractivity contribution in [2.45, 2.75) is 142 Å². The Hall–Kier alpha value is -6.54. The number of hydrogen-bond acceptors (Lipinski definition) is 8. The van der Waals surface area contributed by atoms with Gasteiger partial charge in [0, 0.05) is 48.7 Å². The highest BCUT2D eigenvalue weighted by Gasteiger charge is 2.31. The zero-order valence-corrected chi connectivity index (χ0v) is 40.2. The molecule has 14 heteroatoms. The summed E-state index contributed by atoms with van der Waals surface area (Å²) in [7, 11) is 3.61. The van der Waals surface area contributed by atoms with E-state index < -0.39 is 6.10 Å². The normalized spacial score (nSPS) is 18.5. The van der Waals surface area contributed by atoms with Gasteiger partial charge < -0.3 is 38.7 Å². The van der Waals surface area contributed by atoms with Crippen molar-refractivity contribution in [2.75, 3.05) is 0 Å². The topological polar surface area (TPSA) is 176 Å². The predicted molar refractivity (Wildman–Crippen MR) is 263 cm³/mol. The number of carbonyl (C=O) groups excluding carboxylic acids is 4. The molecule has 2 unspecified atom stereocenters. The number of carbonyl (C=O) groups is 4. The van der Waals surface area contributed by atoms with E-state index >= 15 is 0 Å². The van der Waals surface area contributed by atoms with Crippen molar-refractivity contribution in [3.05, 3.63) is 132 Å².